The highest BCUT2D eigenvalue weighted by Gasteiger charge is 2.39. The Labute approximate surface area is 56.3 Å². The number of nitrogens with one attached hydrogen (secondary N) is 1. The molecule has 0 heterocycles. The zero-order valence-electron chi connectivity index (χ0n) is 5.98. The predicted octanol–water partition coefficient (Wildman–Crippen LogP) is 0.859. The first kappa shape index (κ1) is 7.03. The largest absolute Gasteiger partial charge is 0.376 e. The van der Waals surface area contributed by atoms with Crippen molar-refractivity contribution < 1.29 is 5.11 Å². The van der Waals surface area contributed by atoms with Gasteiger partial charge in [0.1, 0.15) is 5.72 Å². The minimum Gasteiger partial charge on any atom is -0.376 e. The lowest BCUT2D eigenvalue weighted by molar-refractivity contribution is 0.112. The molecule has 0 amide bonds. The standard InChI is InChI=1S/C7H15NO/c1-2-3-6-8-7(9)4-5-7/h8-9H,2-6H2,1H3. The molecule has 0 aromatic carbocycles. The van der Waals surface area contributed by atoms with Crippen molar-refractivity contribution in [3.63, 3.8) is 0 Å². The summed E-state index contributed by atoms with van der Waals surface area (Å²) in [5.74, 6) is 0. The van der Waals surface area contributed by atoms with E-state index in [0.717, 1.165) is 19.4 Å². The zero-order valence-corrected chi connectivity index (χ0v) is 5.98. The first-order valence-corrected chi connectivity index (χ1v) is 3.74. The number of rotatable bonds is 4. The van der Waals surface area contributed by atoms with Gasteiger partial charge in [0.25, 0.3) is 0 Å². The fourth-order valence-electron chi connectivity index (χ4n) is 0.793. The van der Waals surface area contributed by atoms with Crippen molar-refractivity contribution in [1.29, 1.82) is 0 Å². The minimum absolute atomic E-state index is 0.449. The van der Waals surface area contributed by atoms with Gasteiger partial charge >= 0.3 is 0 Å². The molecule has 2 N–H and O–H groups in total. The highest BCUT2D eigenvalue weighted by atomic mass is 16.3. The van der Waals surface area contributed by atoms with E-state index in [1.165, 1.54) is 12.8 Å². The molecule has 9 heavy (non-hydrogen) atoms. The van der Waals surface area contributed by atoms with Crippen molar-refractivity contribution in [3.05, 3.63) is 0 Å². The van der Waals surface area contributed by atoms with Crippen molar-refractivity contribution in [2.75, 3.05) is 6.54 Å². The monoisotopic (exact) mass is 129 g/mol. The van der Waals surface area contributed by atoms with Crippen LogP contribution in [0.4, 0.5) is 0 Å². The fourth-order valence-corrected chi connectivity index (χ4v) is 0.793. The molecule has 2 nitrogen and oxygen atoms in total. The van der Waals surface area contributed by atoms with Gasteiger partial charge < -0.3 is 5.11 Å². The van der Waals surface area contributed by atoms with Crippen molar-refractivity contribution in [3.8, 4) is 0 Å². The second kappa shape index (κ2) is 2.67. The molecule has 0 radical (unpaired) electrons. The maximum atomic E-state index is 9.24. The van der Waals surface area contributed by atoms with Crippen LogP contribution in [0, 0.1) is 0 Å². The van der Waals surface area contributed by atoms with Crippen molar-refractivity contribution >= 4 is 0 Å². The third-order valence-electron chi connectivity index (χ3n) is 1.71. The van der Waals surface area contributed by atoms with E-state index in [2.05, 4.69) is 12.2 Å². The summed E-state index contributed by atoms with van der Waals surface area (Å²) in [7, 11) is 0. The normalized spacial score (nSPS) is 22.0. The third-order valence-corrected chi connectivity index (χ3v) is 1.71. The van der Waals surface area contributed by atoms with Gasteiger partial charge in [0.15, 0.2) is 0 Å². The Morgan fingerprint density at radius 3 is 2.67 bits per heavy atom. The van der Waals surface area contributed by atoms with Gasteiger partial charge in [-0.3, -0.25) is 5.32 Å². The number of hydrogen-bond donors (Lipinski definition) is 2. The fraction of sp³-hybridized carbons (Fsp3) is 1.00. The molecule has 1 saturated carbocycles. The lowest BCUT2D eigenvalue weighted by atomic mass is 10.3. The third kappa shape index (κ3) is 2.33. The van der Waals surface area contributed by atoms with Gasteiger partial charge in [-0.15, -0.1) is 0 Å². The molecular weight excluding hydrogens is 114 g/mol. The van der Waals surface area contributed by atoms with Crippen LogP contribution in [0.1, 0.15) is 32.6 Å². The van der Waals surface area contributed by atoms with Gasteiger partial charge in [0, 0.05) is 0 Å². The lowest BCUT2D eigenvalue weighted by Crippen LogP contribution is -2.31. The predicted molar refractivity (Wildman–Crippen MR) is 37.1 cm³/mol. The van der Waals surface area contributed by atoms with Gasteiger partial charge in [-0.25, -0.2) is 0 Å². The molecule has 0 atom stereocenters. The summed E-state index contributed by atoms with van der Waals surface area (Å²) in [6.45, 7) is 3.12. The highest BCUT2D eigenvalue weighted by molar-refractivity contribution is 4.90. The van der Waals surface area contributed by atoms with Gasteiger partial charge in [-0.2, -0.15) is 0 Å². The number of hydrogen-bond acceptors (Lipinski definition) is 2. The quantitative estimate of drug-likeness (QED) is 0.436. The molecule has 0 aliphatic heterocycles. The van der Waals surface area contributed by atoms with E-state index in [1.807, 2.05) is 0 Å². The van der Waals surface area contributed by atoms with Gasteiger partial charge in [0.2, 0.25) is 0 Å². The number of unbranched alkanes of at least 4 members (excludes halogenated alkanes) is 1. The number of aliphatic hydroxyl groups is 1. The van der Waals surface area contributed by atoms with Crippen LogP contribution in [-0.2, 0) is 0 Å². The summed E-state index contributed by atoms with van der Waals surface area (Å²) in [6.07, 6.45) is 4.25. The lowest BCUT2D eigenvalue weighted by Gasteiger charge is -2.08. The Hall–Kier alpha value is -0.0800. The molecule has 1 fully saturated rings. The van der Waals surface area contributed by atoms with E-state index < -0.39 is 5.72 Å². The molecule has 0 saturated heterocycles. The molecule has 1 aliphatic rings. The average Bonchev–Trinajstić information content (AvgIpc) is 2.50. The molecule has 0 spiro atoms. The van der Waals surface area contributed by atoms with Gasteiger partial charge in [-0.1, -0.05) is 13.3 Å². The van der Waals surface area contributed by atoms with Crippen molar-refractivity contribution in [2.24, 2.45) is 0 Å². The Bertz CT molecular complexity index is 88.9. The van der Waals surface area contributed by atoms with Crippen LogP contribution in [0.15, 0.2) is 0 Å². The van der Waals surface area contributed by atoms with Crippen LogP contribution >= 0.6 is 0 Å². The summed E-state index contributed by atoms with van der Waals surface area (Å²) in [5.41, 5.74) is -0.449. The van der Waals surface area contributed by atoms with Gasteiger partial charge in [-0.05, 0) is 25.8 Å². The van der Waals surface area contributed by atoms with E-state index in [0.29, 0.717) is 0 Å². The zero-order chi connectivity index (χ0) is 6.74. The minimum atomic E-state index is -0.449. The van der Waals surface area contributed by atoms with Crippen LogP contribution in [0.5, 0.6) is 0 Å². The molecule has 0 aromatic heterocycles. The molecule has 2 heteroatoms. The van der Waals surface area contributed by atoms with Crippen LogP contribution in [0.25, 0.3) is 0 Å². The van der Waals surface area contributed by atoms with Crippen molar-refractivity contribution in [1.82, 2.24) is 5.32 Å². The molecule has 1 aliphatic carbocycles. The SMILES string of the molecule is CCCCNC1(O)CC1. The summed E-state index contributed by atoms with van der Waals surface area (Å²) < 4.78 is 0. The van der Waals surface area contributed by atoms with Crippen molar-refractivity contribution in [2.45, 2.75) is 38.3 Å². The molecule has 0 bridgehead atoms. The Morgan fingerprint density at radius 2 is 2.22 bits per heavy atom. The summed E-state index contributed by atoms with van der Waals surface area (Å²) in [6, 6.07) is 0. The molecule has 0 aromatic rings. The topological polar surface area (TPSA) is 32.3 Å². The van der Waals surface area contributed by atoms with Crippen LogP contribution in [-0.4, -0.2) is 17.4 Å². The molecule has 1 rings (SSSR count). The van der Waals surface area contributed by atoms with Gasteiger partial charge in [0.05, 0.1) is 0 Å². The first-order valence-electron chi connectivity index (χ1n) is 3.74. The highest BCUT2D eigenvalue weighted by Crippen LogP contribution is 2.31. The Morgan fingerprint density at radius 1 is 1.56 bits per heavy atom. The maximum absolute atomic E-state index is 9.24. The Balaban J connectivity index is 1.92. The van der Waals surface area contributed by atoms with E-state index >= 15 is 0 Å². The van der Waals surface area contributed by atoms with E-state index in [9.17, 15) is 5.11 Å². The summed E-state index contributed by atoms with van der Waals surface area (Å²) in [4.78, 5) is 0. The molecule has 54 valence electrons. The van der Waals surface area contributed by atoms with E-state index in [-0.39, 0.29) is 0 Å². The smallest absolute Gasteiger partial charge is 0.116 e. The summed E-state index contributed by atoms with van der Waals surface area (Å²) in [5, 5.41) is 12.3. The first-order chi connectivity index (χ1) is 4.27. The molecular formula is C7H15NO. The summed E-state index contributed by atoms with van der Waals surface area (Å²) >= 11 is 0. The maximum Gasteiger partial charge on any atom is 0.116 e. The van der Waals surface area contributed by atoms with Crippen LogP contribution < -0.4 is 5.32 Å². The van der Waals surface area contributed by atoms with Crippen LogP contribution in [0.2, 0.25) is 0 Å². The molecule has 0 unspecified atom stereocenters. The van der Waals surface area contributed by atoms with E-state index in [1.54, 1.807) is 0 Å². The van der Waals surface area contributed by atoms with Crippen LogP contribution in [0.3, 0.4) is 0 Å². The van der Waals surface area contributed by atoms with E-state index in [4.69, 9.17) is 0 Å². The Kier molecular flexibility index (Phi) is 2.09. The second-order valence-electron chi connectivity index (χ2n) is 2.81. The average molecular weight is 129 g/mol. The second-order valence-corrected chi connectivity index (χ2v) is 2.81.